The highest BCUT2D eigenvalue weighted by Gasteiger charge is 2.37. The van der Waals surface area contributed by atoms with Gasteiger partial charge in [0.2, 0.25) is 11.8 Å². The lowest BCUT2D eigenvalue weighted by atomic mass is 9.72. The first-order chi connectivity index (χ1) is 26.3. The van der Waals surface area contributed by atoms with Crippen LogP contribution in [-0.2, 0) is 19.8 Å². The van der Waals surface area contributed by atoms with Crippen molar-refractivity contribution in [3.05, 3.63) is 96.1 Å². The number of nitrogens with zero attached hydrogens (tertiary/aromatic N) is 4. The average Bonchev–Trinajstić information content (AvgIpc) is 3.20. The molecule has 282 valence electrons. The van der Waals surface area contributed by atoms with Crippen molar-refractivity contribution < 1.29 is 24.2 Å². The van der Waals surface area contributed by atoms with Gasteiger partial charge in [-0.25, -0.2) is 0 Å². The second-order valence-corrected chi connectivity index (χ2v) is 14.8. The molecule has 12 heteroatoms. The van der Waals surface area contributed by atoms with Crippen LogP contribution in [0.1, 0.15) is 68.4 Å². The number of benzene rings is 3. The van der Waals surface area contributed by atoms with Crippen molar-refractivity contribution in [1.29, 1.82) is 0 Å². The standard InChI is InChI=1S/C42H49N7O5/c43-40-35(27-34(46-47-40)33-9-4-5-10-36(33)50)49-25-20-42(21-26-49,31-7-2-1-3-8-31)28-44-38(51)11-6-22-48-23-18-30(19-24-48)29-12-14-32(15-13-29)54-37-16-17-39(52)45-41(37)53/h1-5,7-10,12-15,27,30,37,50H,6,11,16-26,28H2,(H2,43,47)(H,44,51)(H,45,52,53)/t37-/m0/s1. The van der Waals surface area contributed by atoms with E-state index in [1.54, 1.807) is 12.1 Å². The number of likely N-dealkylation sites (tertiary alicyclic amines) is 1. The zero-order valence-electron chi connectivity index (χ0n) is 30.6. The van der Waals surface area contributed by atoms with Gasteiger partial charge in [-0.1, -0.05) is 54.6 Å². The molecule has 0 saturated carbocycles. The number of anilines is 2. The summed E-state index contributed by atoms with van der Waals surface area (Å²) in [5.74, 6) is 1.05. The fourth-order valence-corrected chi connectivity index (χ4v) is 8.08. The van der Waals surface area contributed by atoms with Gasteiger partial charge in [0.1, 0.15) is 11.5 Å². The number of hydrogen-bond donors (Lipinski definition) is 4. The Hall–Kier alpha value is -5.49. The van der Waals surface area contributed by atoms with Crippen molar-refractivity contribution in [1.82, 2.24) is 25.7 Å². The van der Waals surface area contributed by atoms with Crippen LogP contribution in [0.2, 0.25) is 0 Å². The third-order valence-electron chi connectivity index (χ3n) is 11.3. The van der Waals surface area contributed by atoms with Crippen LogP contribution < -0.4 is 26.0 Å². The zero-order chi connectivity index (χ0) is 37.5. The molecule has 12 nitrogen and oxygen atoms in total. The summed E-state index contributed by atoms with van der Waals surface area (Å²) in [5.41, 5.74) is 10.6. The third kappa shape index (κ3) is 8.65. The summed E-state index contributed by atoms with van der Waals surface area (Å²) in [6.07, 6.45) is 5.10. The molecule has 3 fully saturated rings. The van der Waals surface area contributed by atoms with E-state index >= 15 is 0 Å². The molecule has 3 aliphatic rings. The highest BCUT2D eigenvalue weighted by Crippen LogP contribution is 2.39. The Morgan fingerprint density at radius 3 is 2.37 bits per heavy atom. The quantitative estimate of drug-likeness (QED) is 0.147. The van der Waals surface area contributed by atoms with E-state index in [0.717, 1.165) is 70.5 Å². The summed E-state index contributed by atoms with van der Waals surface area (Å²) in [6, 6.07) is 27.4. The fourth-order valence-electron chi connectivity index (χ4n) is 8.08. The molecule has 1 atom stereocenters. The van der Waals surface area contributed by atoms with Crippen molar-refractivity contribution in [2.75, 3.05) is 49.9 Å². The Kier molecular flexibility index (Phi) is 11.4. The van der Waals surface area contributed by atoms with Gasteiger partial charge in [-0.3, -0.25) is 19.7 Å². The molecule has 4 aromatic rings. The number of nitrogens with one attached hydrogen (secondary N) is 2. The summed E-state index contributed by atoms with van der Waals surface area (Å²) >= 11 is 0. The Morgan fingerprint density at radius 1 is 0.926 bits per heavy atom. The summed E-state index contributed by atoms with van der Waals surface area (Å²) in [4.78, 5) is 41.4. The highest BCUT2D eigenvalue weighted by molar-refractivity contribution is 5.99. The normalized spacial score (nSPS) is 19.3. The molecule has 0 unspecified atom stereocenters. The predicted molar refractivity (Wildman–Crippen MR) is 207 cm³/mol. The molecule has 3 aliphatic heterocycles. The van der Waals surface area contributed by atoms with E-state index in [9.17, 15) is 19.5 Å². The van der Waals surface area contributed by atoms with Crippen LogP contribution >= 0.6 is 0 Å². The number of phenolic OH excluding ortho intramolecular Hbond substituents is 1. The minimum atomic E-state index is -0.633. The fraction of sp³-hybridized carbons (Fsp3) is 0.405. The lowest BCUT2D eigenvalue weighted by Gasteiger charge is -2.43. The molecule has 1 aromatic heterocycles. The molecule has 3 amide bonds. The maximum absolute atomic E-state index is 13.2. The highest BCUT2D eigenvalue weighted by atomic mass is 16.5. The van der Waals surface area contributed by atoms with E-state index in [1.807, 2.05) is 36.4 Å². The predicted octanol–water partition coefficient (Wildman–Crippen LogP) is 4.93. The van der Waals surface area contributed by atoms with Crippen molar-refractivity contribution in [2.24, 2.45) is 0 Å². The number of nitrogens with two attached hydrogens (primary N) is 1. The van der Waals surface area contributed by atoms with Gasteiger partial charge in [-0.2, -0.15) is 0 Å². The Bertz CT molecular complexity index is 1920. The summed E-state index contributed by atoms with van der Waals surface area (Å²) in [5, 5.41) is 24.5. The Balaban J connectivity index is 0.871. The van der Waals surface area contributed by atoms with Crippen LogP contribution in [-0.4, -0.2) is 83.3 Å². The van der Waals surface area contributed by atoms with Crippen molar-refractivity contribution in [2.45, 2.75) is 68.8 Å². The molecule has 54 heavy (non-hydrogen) atoms. The molecule has 0 bridgehead atoms. The maximum Gasteiger partial charge on any atom is 0.267 e. The minimum Gasteiger partial charge on any atom is -0.507 e. The van der Waals surface area contributed by atoms with Gasteiger partial charge in [0.25, 0.3) is 5.91 Å². The summed E-state index contributed by atoms with van der Waals surface area (Å²) in [6.45, 7) is 4.90. The number of ether oxygens (including phenoxy) is 1. The van der Waals surface area contributed by atoms with E-state index in [0.29, 0.717) is 54.5 Å². The van der Waals surface area contributed by atoms with Gasteiger partial charge < -0.3 is 30.7 Å². The zero-order valence-corrected chi connectivity index (χ0v) is 30.6. The molecule has 7 rings (SSSR count). The van der Waals surface area contributed by atoms with Crippen LogP contribution in [0.5, 0.6) is 11.5 Å². The molecule has 0 spiro atoms. The molecule has 0 aliphatic carbocycles. The number of aromatic hydroxyl groups is 1. The number of piperidine rings is 3. The number of carbonyl (C=O) groups excluding carboxylic acids is 3. The van der Waals surface area contributed by atoms with E-state index < -0.39 is 6.10 Å². The van der Waals surface area contributed by atoms with Crippen molar-refractivity contribution in [3.8, 4) is 22.8 Å². The smallest absolute Gasteiger partial charge is 0.267 e. The van der Waals surface area contributed by atoms with Crippen molar-refractivity contribution >= 4 is 29.2 Å². The van der Waals surface area contributed by atoms with E-state index in [-0.39, 0.29) is 28.9 Å². The van der Waals surface area contributed by atoms with Crippen LogP contribution in [0, 0.1) is 0 Å². The summed E-state index contributed by atoms with van der Waals surface area (Å²) in [7, 11) is 0. The van der Waals surface area contributed by atoms with Gasteiger partial charge in [-0.15, -0.1) is 10.2 Å². The molecule has 3 saturated heterocycles. The molecule has 3 aromatic carbocycles. The Morgan fingerprint density at radius 2 is 1.65 bits per heavy atom. The van der Waals surface area contributed by atoms with Crippen LogP contribution in [0.4, 0.5) is 11.5 Å². The van der Waals surface area contributed by atoms with Gasteiger partial charge in [0.05, 0.1) is 11.4 Å². The lowest BCUT2D eigenvalue weighted by Crippen LogP contribution is -2.49. The number of amides is 3. The number of aromatic nitrogens is 2. The largest absolute Gasteiger partial charge is 0.507 e. The number of nitrogen functional groups attached to an aromatic ring is 1. The maximum atomic E-state index is 13.2. The number of imide groups is 1. The molecular weight excluding hydrogens is 683 g/mol. The first kappa shape index (κ1) is 36.9. The molecule has 4 heterocycles. The topological polar surface area (TPSA) is 163 Å². The first-order valence-electron chi connectivity index (χ1n) is 19.1. The number of phenols is 1. The Labute approximate surface area is 316 Å². The van der Waals surface area contributed by atoms with Gasteiger partial charge in [-0.05, 0) is 99.1 Å². The molecule has 0 radical (unpaired) electrons. The first-order valence-corrected chi connectivity index (χ1v) is 19.1. The SMILES string of the molecule is Nc1nnc(-c2ccccc2O)cc1N1CCC(CNC(=O)CCCN2CCC(c3ccc(O[C@H]4CCC(=O)NC4=O)cc3)CC2)(c2ccccc2)CC1. The number of hydrogen-bond acceptors (Lipinski definition) is 10. The van der Waals surface area contributed by atoms with Gasteiger partial charge in [0.15, 0.2) is 11.9 Å². The van der Waals surface area contributed by atoms with E-state index in [1.165, 1.54) is 11.1 Å². The van der Waals surface area contributed by atoms with Crippen molar-refractivity contribution in [3.63, 3.8) is 0 Å². The number of rotatable bonds is 12. The third-order valence-corrected chi connectivity index (χ3v) is 11.3. The van der Waals surface area contributed by atoms with E-state index in [4.69, 9.17) is 10.5 Å². The number of para-hydroxylation sites is 1. The molecular formula is C42H49N7O5. The van der Waals surface area contributed by atoms with Crippen LogP contribution in [0.25, 0.3) is 11.3 Å². The lowest BCUT2D eigenvalue weighted by molar-refractivity contribution is -0.138. The molecule has 5 N–H and O–H groups in total. The van der Waals surface area contributed by atoms with Crippen LogP contribution in [0.15, 0.2) is 84.9 Å². The number of carbonyl (C=O) groups is 3. The monoisotopic (exact) mass is 731 g/mol. The van der Waals surface area contributed by atoms with Gasteiger partial charge >= 0.3 is 0 Å². The van der Waals surface area contributed by atoms with E-state index in [2.05, 4.69) is 67.0 Å². The van der Waals surface area contributed by atoms with Gasteiger partial charge in [0, 0.05) is 49.9 Å². The minimum absolute atomic E-state index is 0.0807. The van der Waals surface area contributed by atoms with Crippen LogP contribution in [0.3, 0.4) is 0 Å². The second kappa shape index (κ2) is 16.7. The summed E-state index contributed by atoms with van der Waals surface area (Å²) < 4.78 is 5.84. The second-order valence-electron chi connectivity index (χ2n) is 14.8. The average molecular weight is 732 g/mol.